The van der Waals surface area contributed by atoms with Crippen molar-refractivity contribution in [1.29, 1.82) is 0 Å². The number of aliphatic carboxylic acids is 1. The predicted octanol–water partition coefficient (Wildman–Crippen LogP) is 1.19. The van der Waals surface area contributed by atoms with Crippen LogP contribution in [0.2, 0.25) is 0 Å². The molecule has 0 aliphatic heterocycles. The third-order valence-corrected chi connectivity index (χ3v) is 1.94. The van der Waals surface area contributed by atoms with Crippen LogP contribution in [0.5, 0.6) is 0 Å². The highest BCUT2D eigenvalue weighted by Gasteiger charge is 2.76. The van der Waals surface area contributed by atoms with E-state index in [1.807, 2.05) is 0 Å². The molecular formula is C9H9F6O4-. The fraction of sp³-hybridized carbons (Fsp3) is 0.778. The van der Waals surface area contributed by atoms with Gasteiger partial charge in [-0.05, 0) is 20.8 Å². The summed E-state index contributed by atoms with van der Waals surface area (Å²) in [4.78, 5) is 21.5. The van der Waals surface area contributed by atoms with Gasteiger partial charge in [0, 0.05) is 0 Å². The Hall–Kier alpha value is -1.48. The Balaban J connectivity index is 5.94. The van der Waals surface area contributed by atoms with Gasteiger partial charge < -0.3 is 14.6 Å². The Labute approximate surface area is 103 Å². The average Bonchev–Trinajstić information content (AvgIpc) is 2.06. The van der Waals surface area contributed by atoms with E-state index in [2.05, 4.69) is 4.74 Å². The number of hydrogen-bond donors (Lipinski definition) is 0. The van der Waals surface area contributed by atoms with Crippen molar-refractivity contribution in [2.24, 2.45) is 5.41 Å². The molecule has 0 aliphatic carbocycles. The van der Waals surface area contributed by atoms with Crippen molar-refractivity contribution in [3.63, 3.8) is 0 Å². The molecule has 19 heavy (non-hydrogen) atoms. The number of carboxylic acids is 1. The first kappa shape index (κ1) is 17.5. The number of ether oxygens (including phenoxy) is 1. The summed E-state index contributed by atoms with van der Waals surface area (Å²) in [6.45, 7) is 2.88. The number of hydrogen-bond acceptors (Lipinski definition) is 4. The van der Waals surface area contributed by atoms with Crippen LogP contribution in [0.1, 0.15) is 20.8 Å². The molecular weight excluding hydrogens is 286 g/mol. The van der Waals surface area contributed by atoms with Gasteiger partial charge in [0.2, 0.25) is 0 Å². The van der Waals surface area contributed by atoms with Crippen molar-refractivity contribution < 1.29 is 45.8 Å². The molecule has 0 N–H and O–H groups in total. The summed E-state index contributed by atoms with van der Waals surface area (Å²) < 4.78 is 78.0. The number of rotatable bonds is 2. The summed E-state index contributed by atoms with van der Waals surface area (Å²) in [7, 11) is 0. The molecule has 0 aromatic heterocycles. The van der Waals surface area contributed by atoms with Crippen LogP contribution >= 0.6 is 0 Å². The van der Waals surface area contributed by atoms with Gasteiger partial charge in [0.15, 0.2) is 0 Å². The van der Waals surface area contributed by atoms with Crippen LogP contribution in [0.25, 0.3) is 0 Å². The number of carboxylic acid groups (broad SMARTS) is 1. The Morgan fingerprint density at radius 3 is 1.37 bits per heavy atom. The fourth-order valence-electron chi connectivity index (χ4n) is 0.842. The van der Waals surface area contributed by atoms with Gasteiger partial charge in [-0.15, -0.1) is 0 Å². The molecule has 4 nitrogen and oxygen atoms in total. The normalized spacial score (nSPS) is 14.2. The zero-order valence-electron chi connectivity index (χ0n) is 9.90. The lowest BCUT2D eigenvalue weighted by atomic mass is 9.95. The number of carbonyl (C=O) groups is 2. The van der Waals surface area contributed by atoms with Crippen molar-refractivity contribution in [2.45, 2.75) is 38.7 Å². The summed E-state index contributed by atoms with van der Waals surface area (Å²) in [5.74, 6) is -5.59. The quantitative estimate of drug-likeness (QED) is 0.567. The molecule has 0 radical (unpaired) electrons. The summed E-state index contributed by atoms with van der Waals surface area (Å²) in [5, 5.41) is 10.3. The van der Waals surface area contributed by atoms with Crippen LogP contribution < -0.4 is 5.11 Å². The zero-order chi connectivity index (χ0) is 15.9. The number of alkyl halides is 6. The minimum absolute atomic E-state index is 0.960. The predicted molar refractivity (Wildman–Crippen MR) is 45.4 cm³/mol. The van der Waals surface area contributed by atoms with Gasteiger partial charge >= 0.3 is 23.9 Å². The average molecular weight is 295 g/mol. The van der Waals surface area contributed by atoms with Crippen molar-refractivity contribution in [1.82, 2.24) is 0 Å². The molecule has 0 bridgehead atoms. The minimum atomic E-state index is -6.41. The van der Waals surface area contributed by atoms with Crippen molar-refractivity contribution >= 4 is 11.9 Å². The van der Waals surface area contributed by atoms with E-state index in [1.54, 1.807) is 0 Å². The highest BCUT2D eigenvalue weighted by atomic mass is 19.4. The molecule has 0 spiro atoms. The first-order valence-electron chi connectivity index (χ1n) is 4.65. The van der Waals surface area contributed by atoms with Crippen LogP contribution in [0, 0.1) is 5.41 Å². The molecule has 0 rings (SSSR count). The number of carbonyl (C=O) groups excluding carboxylic acids is 2. The molecule has 0 saturated carbocycles. The van der Waals surface area contributed by atoms with E-state index in [9.17, 15) is 41.0 Å². The van der Waals surface area contributed by atoms with Gasteiger partial charge in [0.25, 0.3) is 0 Å². The highest BCUT2D eigenvalue weighted by molar-refractivity contribution is 5.84. The first-order valence-corrected chi connectivity index (χ1v) is 4.65. The number of halogens is 6. The van der Waals surface area contributed by atoms with E-state index in [4.69, 9.17) is 0 Å². The van der Waals surface area contributed by atoms with Crippen molar-refractivity contribution in [3.05, 3.63) is 0 Å². The lowest BCUT2D eigenvalue weighted by molar-refractivity contribution is -0.404. The van der Waals surface area contributed by atoms with Crippen molar-refractivity contribution in [3.8, 4) is 0 Å². The van der Waals surface area contributed by atoms with Crippen LogP contribution in [0.4, 0.5) is 26.3 Å². The Kier molecular flexibility index (Phi) is 4.21. The molecule has 112 valence electrons. The van der Waals surface area contributed by atoms with Crippen molar-refractivity contribution in [2.75, 3.05) is 0 Å². The van der Waals surface area contributed by atoms with E-state index in [-0.39, 0.29) is 0 Å². The van der Waals surface area contributed by atoms with E-state index in [1.165, 1.54) is 0 Å². The van der Waals surface area contributed by atoms with Crippen LogP contribution in [0.3, 0.4) is 0 Å². The summed E-state index contributed by atoms with van der Waals surface area (Å²) in [5.41, 5.74) is -7.46. The monoisotopic (exact) mass is 295 g/mol. The van der Waals surface area contributed by atoms with E-state index < -0.39 is 35.3 Å². The highest BCUT2D eigenvalue weighted by Crippen LogP contribution is 2.46. The Bertz CT molecular complexity index is 362. The molecule has 0 aromatic carbocycles. The second-order valence-electron chi connectivity index (χ2n) is 4.60. The second kappa shape index (κ2) is 4.57. The summed E-state index contributed by atoms with van der Waals surface area (Å²) >= 11 is 0. The van der Waals surface area contributed by atoms with Gasteiger partial charge in [-0.3, -0.25) is 4.79 Å². The fourth-order valence-corrected chi connectivity index (χ4v) is 0.842. The first-order chi connectivity index (χ1) is 8.07. The molecule has 10 heteroatoms. The molecule has 0 saturated heterocycles. The lowest BCUT2D eigenvalue weighted by Crippen LogP contribution is -2.69. The maximum absolute atomic E-state index is 12.5. The van der Waals surface area contributed by atoms with Gasteiger partial charge in [0.05, 0.1) is 5.41 Å². The van der Waals surface area contributed by atoms with E-state index in [0.29, 0.717) is 0 Å². The smallest absolute Gasteiger partial charge is 0.443 e. The molecule has 0 amide bonds. The van der Waals surface area contributed by atoms with Crippen LogP contribution in [-0.4, -0.2) is 29.9 Å². The summed E-state index contributed by atoms with van der Waals surface area (Å²) in [6, 6.07) is 0. The van der Waals surface area contributed by atoms with Crippen LogP contribution in [-0.2, 0) is 14.3 Å². The third kappa shape index (κ3) is 3.10. The van der Waals surface area contributed by atoms with E-state index >= 15 is 0 Å². The third-order valence-electron chi connectivity index (χ3n) is 1.94. The SMILES string of the molecule is CC(C)(C)C(=O)OC(C(=O)[O-])(C(F)(F)F)C(F)(F)F. The zero-order valence-corrected chi connectivity index (χ0v) is 9.90. The lowest BCUT2D eigenvalue weighted by Gasteiger charge is -2.38. The molecule has 0 aromatic rings. The molecule has 0 aliphatic rings. The largest absolute Gasteiger partial charge is 0.545 e. The van der Waals surface area contributed by atoms with Crippen LogP contribution in [0.15, 0.2) is 0 Å². The minimum Gasteiger partial charge on any atom is -0.545 e. The number of esters is 1. The summed E-state index contributed by atoms with van der Waals surface area (Å²) in [6.07, 6.45) is -12.8. The van der Waals surface area contributed by atoms with Gasteiger partial charge in [-0.1, -0.05) is 0 Å². The topological polar surface area (TPSA) is 66.4 Å². The molecule has 0 unspecified atom stereocenters. The van der Waals surface area contributed by atoms with Gasteiger partial charge in [-0.2, -0.15) is 26.3 Å². The second-order valence-corrected chi connectivity index (χ2v) is 4.60. The maximum Gasteiger partial charge on any atom is 0.443 e. The Morgan fingerprint density at radius 1 is 0.895 bits per heavy atom. The van der Waals surface area contributed by atoms with Gasteiger partial charge in [-0.25, -0.2) is 0 Å². The molecule has 0 heterocycles. The van der Waals surface area contributed by atoms with Gasteiger partial charge in [0.1, 0.15) is 5.97 Å². The Morgan fingerprint density at radius 2 is 1.21 bits per heavy atom. The standard InChI is InChI=1S/C9H10F6O4/c1-6(2,3)5(18)19-7(4(16)17,8(10,11)12)9(13,14)15/h1-3H3,(H,16,17)/p-1. The van der Waals surface area contributed by atoms with E-state index in [0.717, 1.165) is 20.8 Å². The maximum atomic E-state index is 12.5. The molecule has 0 fully saturated rings. The molecule has 0 atom stereocenters.